The zero-order chi connectivity index (χ0) is 14.1. The van der Waals surface area contributed by atoms with Crippen LogP contribution in [0.3, 0.4) is 0 Å². The fourth-order valence-corrected chi connectivity index (χ4v) is 3.19. The van der Waals surface area contributed by atoms with Crippen LogP contribution in [0.5, 0.6) is 0 Å². The highest BCUT2D eigenvalue weighted by Crippen LogP contribution is 2.24. The van der Waals surface area contributed by atoms with Crippen molar-refractivity contribution in [3.63, 3.8) is 0 Å². The molecule has 1 heterocycles. The Morgan fingerprint density at radius 2 is 1.95 bits per heavy atom. The largest absolute Gasteiger partial charge is 0.309 e. The van der Waals surface area contributed by atoms with Gasteiger partial charge in [0, 0.05) is 30.0 Å². The molecule has 1 aliphatic rings. The van der Waals surface area contributed by atoms with Crippen LogP contribution in [-0.2, 0) is 13.0 Å². The molecule has 0 bridgehead atoms. The van der Waals surface area contributed by atoms with Crippen molar-refractivity contribution >= 4 is 11.3 Å². The van der Waals surface area contributed by atoms with E-state index in [1.54, 1.807) is 11.3 Å². The first-order chi connectivity index (χ1) is 9.60. The lowest BCUT2D eigenvalue weighted by Gasteiger charge is -2.00. The van der Waals surface area contributed by atoms with Crippen molar-refractivity contribution in [3.8, 4) is 0 Å². The summed E-state index contributed by atoms with van der Waals surface area (Å²) in [6.45, 7) is 2.82. The van der Waals surface area contributed by atoms with E-state index in [4.69, 9.17) is 0 Å². The summed E-state index contributed by atoms with van der Waals surface area (Å²) in [6.07, 6.45) is 2.99. The maximum Gasteiger partial charge on any atom is 0.126 e. The Bertz CT molecular complexity index is 600. The summed E-state index contributed by atoms with van der Waals surface area (Å²) < 4.78 is 26.3. The molecule has 0 amide bonds. The van der Waals surface area contributed by atoms with Gasteiger partial charge >= 0.3 is 0 Å². The molecule has 0 spiro atoms. The van der Waals surface area contributed by atoms with Crippen molar-refractivity contribution in [1.82, 2.24) is 10.3 Å². The van der Waals surface area contributed by atoms with Gasteiger partial charge in [0.1, 0.15) is 11.6 Å². The van der Waals surface area contributed by atoms with E-state index in [0.29, 0.717) is 18.0 Å². The van der Waals surface area contributed by atoms with Gasteiger partial charge in [-0.05, 0) is 37.5 Å². The monoisotopic (exact) mass is 294 g/mol. The van der Waals surface area contributed by atoms with Gasteiger partial charge in [0.15, 0.2) is 0 Å². The van der Waals surface area contributed by atoms with E-state index in [1.807, 2.05) is 6.92 Å². The summed E-state index contributed by atoms with van der Waals surface area (Å²) in [7, 11) is 0. The van der Waals surface area contributed by atoms with Crippen LogP contribution < -0.4 is 5.32 Å². The molecule has 0 unspecified atom stereocenters. The minimum atomic E-state index is -0.538. The number of aromatic nitrogens is 1. The Hall–Kier alpha value is -1.33. The molecule has 1 fully saturated rings. The van der Waals surface area contributed by atoms with E-state index in [-0.39, 0.29) is 0 Å². The predicted molar refractivity (Wildman–Crippen MR) is 75.9 cm³/mol. The third-order valence-electron chi connectivity index (χ3n) is 3.34. The van der Waals surface area contributed by atoms with E-state index in [2.05, 4.69) is 10.3 Å². The van der Waals surface area contributed by atoms with Crippen LogP contribution in [-0.4, -0.2) is 11.0 Å². The molecule has 1 saturated carbocycles. The molecule has 106 valence electrons. The fourth-order valence-electron chi connectivity index (χ4n) is 2.14. The number of benzene rings is 1. The lowest BCUT2D eigenvalue weighted by molar-refractivity contribution is 0.580. The molecule has 1 aromatic carbocycles. The van der Waals surface area contributed by atoms with Gasteiger partial charge in [-0.1, -0.05) is 0 Å². The molecule has 1 aromatic heterocycles. The van der Waals surface area contributed by atoms with Crippen molar-refractivity contribution in [2.45, 2.75) is 38.8 Å². The van der Waals surface area contributed by atoms with Gasteiger partial charge in [-0.3, -0.25) is 0 Å². The topological polar surface area (TPSA) is 24.9 Å². The molecule has 2 nitrogen and oxygen atoms in total. The highest BCUT2D eigenvalue weighted by atomic mass is 32.1. The van der Waals surface area contributed by atoms with E-state index in [1.165, 1.54) is 29.9 Å². The average molecular weight is 294 g/mol. The highest BCUT2D eigenvalue weighted by molar-refractivity contribution is 7.11. The van der Waals surface area contributed by atoms with Crippen LogP contribution in [0, 0.1) is 18.6 Å². The average Bonchev–Trinajstić information content (AvgIpc) is 3.11. The Kier molecular flexibility index (Phi) is 3.81. The number of hydrogen-bond acceptors (Lipinski definition) is 3. The number of nitrogens with one attached hydrogen (secondary N) is 1. The summed E-state index contributed by atoms with van der Waals surface area (Å²) in [5, 5.41) is 4.36. The van der Waals surface area contributed by atoms with Crippen LogP contribution in [0.4, 0.5) is 8.78 Å². The van der Waals surface area contributed by atoms with E-state index >= 15 is 0 Å². The van der Waals surface area contributed by atoms with Crippen molar-refractivity contribution in [1.29, 1.82) is 0 Å². The van der Waals surface area contributed by atoms with Crippen LogP contribution in [0.1, 0.15) is 34.0 Å². The minimum absolute atomic E-state index is 0.476. The van der Waals surface area contributed by atoms with Crippen LogP contribution in [0.25, 0.3) is 0 Å². The van der Waals surface area contributed by atoms with E-state index < -0.39 is 11.6 Å². The summed E-state index contributed by atoms with van der Waals surface area (Å²) in [5.41, 5.74) is 1.63. The summed E-state index contributed by atoms with van der Waals surface area (Å²) in [5.74, 6) is -1.08. The Morgan fingerprint density at radius 3 is 2.60 bits per heavy atom. The van der Waals surface area contributed by atoms with E-state index in [9.17, 15) is 8.78 Å². The van der Waals surface area contributed by atoms with Crippen molar-refractivity contribution in [2.75, 3.05) is 0 Å². The number of halogens is 2. The number of thiazole rings is 1. The van der Waals surface area contributed by atoms with Crippen molar-refractivity contribution < 1.29 is 8.78 Å². The molecule has 1 N–H and O–H groups in total. The second kappa shape index (κ2) is 5.58. The van der Waals surface area contributed by atoms with Gasteiger partial charge in [-0.25, -0.2) is 13.8 Å². The molecule has 5 heteroatoms. The minimum Gasteiger partial charge on any atom is -0.309 e. The molecule has 0 saturated heterocycles. The maximum absolute atomic E-state index is 13.2. The Balaban J connectivity index is 1.71. The maximum atomic E-state index is 13.2. The van der Waals surface area contributed by atoms with E-state index in [0.717, 1.165) is 23.3 Å². The Morgan fingerprint density at radius 1 is 1.25 bits per heavy atom. The molecule has 20 heavy (non-hydrogen) atoms. The summed E-state index contributed by atoms with van der Waals surface area (Å²) in [6, 6.07) is 4.28. The zero-order valence-electron chi connectivity index (χ0n) is 11.2. The second-order valence-electron chi connectivity index (χ2n) is 5.23. The standard InChI is InChI=1S/C15H16F2N2S/c1-9-14(8-18-13-2-3-13)20-15(19-9)6-10-4-11(16)7-12(17)5-10/h4-5,7,13,18H,2-3,6,8H2,1H3. The fraction of sp³-hybridized carbons (Fsp3) is 0.400. The molecule has 1 aliphatic carbocycles. The third kappa shape index (κ3) is 3.41. The number of nitrogens with zero attached hydrogens (tertiary/aromatic N) is 1. The first-order valence-electron chi connectivity index (χ1n) is 6.73. The second-order valence-corrected chi connectivity index (χ2v) is 6.39. The number of hydrogen-bond donors (Lipinski definition) is 1. The van der Waals surface area contributed by atoms with Gasteiger partial charge in [0.25, 0.3) is 0 Å². The molecule has 0 aliphatic heterocycles. The van der Waals surface area contributed by atoms with Crippen LogP contribution in [0.15, 0.2) is 18.2 Å². The summed E-state index contributed by atoms with van der Waals surface area (Å²) >= 11 is 1.62. The van der Waals surface area contributed by atoms with Crippen LogP contribution >= 0.6 is 11.3 Å². The molecular formula is C15H16F2N2S. The first-order valence-corrected chi connectivity index (χ1v) is 7.55. The Labute approximate surface area is 120 Å². The van der Waals surface area contributed by atoms with Gasteiger partial charge in [-0.15, -0.1) is 11.3 Å². The lowest BCUT2D eigenvalue weighted by Crippen LogP contribution is -2.14. The van der Waals surface area contributed by atoms with Gasteiger partial charge in [0.05, 0.1) is 10.7 Å². The normalized spacial score (nSPS) is 14.8. The molecule has 3 rings (SSSR count). The first kappa shape index (κ1) is 13.6. The SMILES string of the molecule is Cc1nc(Cc2cc(F)cc(F)c2)sc1CNC1CC1. The predicted octanol–water partition coefficient (Wildman–Crippen LogP) is 3.57. The molecule has 0 radical (unpaired) electrons. The van der Waals surface area contributed by atoms with Gasteiger partial charge in [-0.2, -0.15) is 0 Å². The molecule has 2 aromatic rings. The van der Waals surface area contributed by atoms with Gasteiger partial charge < -0.3 is 5.32 Å². The number of rotatable bonds is 5. The van der Waals surface area contributed by atoms with Gasteiger partial charge in [0.2, 0.25) is 0 Å². The van der Waals surface area contributed by atoms with Crippen molar-refractivity contribution in [3.05, 3.63) is 51.0 Å². The summed E-state index contributed by atoms with van der Waals surface area (Å²) in [4.78, 5) is 5.71. The molecule has 0 atom stereocenters. The molecular weight excluding hydrogens is 278 g/mol. The van der Waals surface area contributed by atoms with Crippen LogP contribution in [0.2, 0.25) is 0 Å². The third-order valence-corrected chi connectivity index (χ3v) is 4.50. The quantitative estimate of drug-likeness (QED) is 0.912. The lowest BCUT2D eigenvalue weighted by atomic mass is 10.1. The van der Waals surface area contributed by atoms with Crippen molar-refractivity contribution in [2.24, 2.45) is 0 Å². The number of aryl methyl sites for hydroxylation is 1. The zero-order valence-corrected chi connectivity index (χ0v) is 12.1. The smallest absolute Gasteiger partial charge is 0.126 e. The highest BCUT2D eigenvalue weighted by Gasteiger charge is 2.21.